The molecule has 0 radical (unpaired) electrons. The Balaban J connectivity index is 1.46. The van der Waals surface area contributed by atoms with Crippen molar-refractivity contribution in [3.05, 3.63) is 105 Å². The van der Waals surface area contributed by atoms with Gasteiger partial charge in [-0.15, -0.1) is 0 Å². The first-order valence-electron chi connectivity index (χ1n) is 15.4. The molecule has 5 nitrogen and oxygen atoms in total. The molecule has 2 aliphatic rings. The Morgan fingerprint density at radius 1 is 0.907 bits per heavy atom. The van der Waals surface area contributed by atoms with Gasteiger partial charge in [0.15, 0.2) is 5.11 Å². The lowest BCUT2D eigenvalue weighted by Gasteiger charge is -2.37. The zero-order chi connectivity index (χ0) is 30.6. The molecule has 0 unspecified atom stereocenters. The van der Waals surface area contributed by atoms with E-state index in [2.05, 4.69) is 111 Å². The number of aromatic nitrogens is 2. The van der Waals surface area contributed by atoms with Crippen LogP contribution in [0.15, 0.2) is 60.8 Å². The summed E-state index contributed by atoms with van der Waals surface area (Å²) in [6.45, 7) is 17.7. The minimum atomic E-state index is -0.120. The fourth-order valence-electron chi connectivity index (χ4n) is 7.67. The molecule has 6 rings (SSSR count). The van der Waals surface area contributed by atoms with Crippen molar-refractivity contribution in [2.45, 2.75) is 67.0 Å². The molecule has 0 bridgehead atoms. The van der Waals surface area contributed by atoms with Crippen molar-refractivity contribution >= 4 is 40.3 Å². The summed E-state index contributed by atoms with van der Waals surface area (Å²) in [5, 5.41) is 5.07. The molecule has 2 aromatic heterocycles. The lowest BCUT2D eigenvalue weighted by atomic mass is 9.91. The number of halogens is 1. The summed E-state index contributed by atoms with van der Waals surface area (Å²) >= 11 is 13.1. The van der Waals surface area contributed by atoms with E-state index < -0.39 is 0 Å². The average Bonchev–Trinajstić information content (AvgIpc) is 3.43. The van der Waals surface area contributed by atoms with Gasteiger partial charge in [-0.1, -0.05) is 49.2 Å². The van der Waals surface area contributed by atoms with Gasteiger partial charge in [0.25, 0.3) is 0 Å². The summed E-state index contributed by atoms with van der Waals surface area (Å²) in [5.74, 6) is 1.30. The molecule has 4 atom stereocenters. The van der Waals surface area contributed by atoms with Gasteiger partial charge in [-0.2, -0.15) is 0 Å². The maximum atomic E-state index is 7.07. The maximum Gasteiger partial charge on any atom is 0.174 e. The molecule has 0 aliphatic carbocycles. The number of anilines is 2. The third kappa shape index (κ3) is 5.44. The first-order valence-corrected chi connectivity index (χ1v) is 16.1. The van der Waals surface area contributed by atoms with Crippen molar-refractivity contribution in [3.63, 3.8) is 0 Å². The summed E-state index contributed by atoms with van der Waals surface area (Å²) in [6.07, 6.45) is 3.12. The van der Waals surface area contributed by atoms with E-state index in [4.69, 9.17) is 28.8 Å². The SMILES string of the molecule is Cc1cc(C)c(-n2c(C)cc([C@@H]3[C@H](c4ccccn4)NC(=S)N3c3ccc(N4C[C@H](C)C[C@H](C)C4)c(Cl)c3)c2C)c(C)c1. The van der Waals surface area contributed by atoms with Gasteiger partial charge >= 0.3 is 0 Å². The molecule has 4 aromatic rings. The van der Waals surface area contributed by atoms with Crippen LogP contribution in [-0.2, 0) is 0 Å². The first-order chi connectivity index (χ1) is 20.5. The van der Waals surface area contributed by atoms with E-state index in [1.54, 1.807) is 0 Å². The number of rotatable bonds is 5. The lowest BCUT2D eigenvalue weighted by molar-refractivity contribution is 0.357. The van der Waals surface area contributed by atoms with Gasteiger partial charge in [0.05, 0.1) is 34.2 Å². The Morgan fingerprint density at radius 3 is 2.23 bits per heavy atom. The van der Waals surface area contributed by atoms with Crippen LogP contribution in [0.2, 0.25) is 5.02 Å². The Hall–Kier alpha value is -3.35. The number of hydrogen-bond acceptors (Lipinski definition) is 3. The number of pyridine rings is 1. The minimum Gasteiger partial charge on any atom is -0.370 e. The van der Waals surface area contributed by atoms with Crippen molar-refractivity contribution < 1.29 is 0 Å². The van der Waals surface area contributed by atoms with Gasteiger partial charge in [-0.25, -0.2) is 0 Å². The smallest absolute Gasteiger partial charge is 0.174 e. The number of nitrogens with zero attached hydrogens (tertiary/aromatic N) is 4. The van der Waals surface area contributed by atoms with Gasteiger partial charge in [0, 0.05) is 36.4 Å². The van der Waals surface area contributed by atoms with Crippen LogP contribution in [0, 0.1) is 46.5 Å². The molecule has 43 heavy (non-hydrogen) atoms. The van der Waals surface area contributed by atoms with E-state index in [-0.39, 0.29) is 12.1 Å². The Labute approximate surface area is 266 Å². The third-order valence-electron chi connectivity index (χ3n) is 9.17. The standard InChI is InChI=1S/C36H42ClN5S/c1-21-15-24(4)34(25(5)16-21)41-26(6)17-29(27(41)7)35-33(31-10-8-9-13-38-31)39-36(43)42(35)28-11-12-32(30(37)18-28)40-19-22(2)14-23(3)20-40/h8-13,15-18,22-23,33,35H,14,19-20H2,1-7H3,(H,39,43)/t22-,23+,33-,35+/m0/s1. The highest BCUT2D eigenvalue weighted by atomic mass is 35.5. The van der Waals surface area contributed by atoms with Gasteiger partial charge < -0.3 is 19.7 Å². The van der Waals surface area contributed by atoms with E-state index in [1.807, 2.05) is 18.3 Å². The van der Waals surface area contributed by atoms with E-state index in [9.17, 15) is 0 Å². The second-order valence-corrected chi connectivity index (χ2v) is 13.7. The van der Waals surface area contributed by atoms with Crippen LogP contribution < -0.4 is 15.1 Å². The number of piperidine rings is 1. The zero-order valence-electron chi connectivity index (χ0n) is 26.3. The van der Waals surface area contributed by atoms with E-state index in [1.165, 1.54) is 45.7 Å². The second kappa shape index (κ2) is 11.6. The van der Waals surface area contributed by atoms with Crippen LogP contribution >= 0.6 is 23.8 Å². The normalized spacial score (nSPS) is 22.3. The molecule has 7 heteroatoms. The fourth-order valence-corrected chi connectivity index (χ4v) is 8.31. The highest BCUT2D eigenvalue weighted by molar-refractivity contribution is 7.80. The van der Waals surface area contributed by atoms with E-state index in [0.717, 1.165) is 35.2 Å². The predicted octanol–water partition coefficient (Wildman–Crippen LogP) is 8.73. The minimum absolute atomic E-state index is 0.106. The molecule has 4 heterocycles. The highest BCUT2D eigenvalue weighted by Crippen LogP contribution is 2.45. The summed E-state index contributed by atoms with van der Waals surface area (Å²) in [6, 6.07) is 19.2. The number of nitrogens with one attached hydrogen (secondary N) is 1. The maximum absolute atomic E-state index is 7.07. The number of hydrogen-bond donors (Lipinski definition) is 1. The van der Waals surface area contributed by atoms with Crippen LogP contribution in [-0.4, -0.2) is 27.8 Å². The Morgan fingerprint density at radius 2 is 1.60 bits per heavy atom. The average molecular weight is 612 g/mol. The lowest BCUT2D eigenvalue weighted by Crippen LogP contribution is -2.38. The second-order valence-electron chi connectivity index (χ2n) is 12.9. The van der Waals surface area contributed by atoms with Crippen LogP contribution in [0.5, 0.6) is 0 Å². The predicted molar refractivity (Wildman–Crippen MR) is 184 cm³/mol. The van der Waals surface area contributed by atoms with Crippen LogP contribution in [0.25, 0.3) is 5.69 Å². The van der Waals surface area contributed by atoms with Crippen molar-refractivity contribution in [1.82, 2.24) is 14.9 Å². The largest absolute Gasteiger partial charge is 0.370 e. The summed E-state index contributed by atoms with van der Waals surface area (Å²) in [5.41, 5.74) is 11.7. The topological polar surface area (TPSA) is 36.3 Å². The zero-order valence-corrected chi connectivity index (χ0v) is 27.9. The molecule has 2 aromatic carbocycles. The van der Waals surface area contributed by atoms with E-state index in [0.29, 0.717) is 16.9 Å². The molecular weight excluding hydrogens is 570 g/mol. The van der Waals surface area contributed by atoms with E-state index >= 15 is 0 Å². The van der Waals surface area contributed by atoms with Crippen LogP contribution in [0.3, 0.4) is 0 Å². The molecule has 0 saturated carbocycles. The molecule has 1 N–H and O–H groups in total. The van der Waals surface area contributed by atoms with Gasteiger partial charge in [0.1, 0.15) is 0 Å². The van der Waals surface area contributed by atoms with Crippen molar-refractivity contribution in [2.75, 3.05) is 22.9 Å². The molecule has 2 aliphatic heterocycles. The van der Waals surface area contributed by atoms with Gasteiger partial charge in [0.2, 0.25) is 0 Å². The summed E-state index contributed by atoms with van der Waals surface area (Å²) < 4.78 is 2.41. The molecule has 0 amide bonds. The molecule has 2 fully saturated rings. The van der Waals surface area contributed by atoms with Crippen LogP contribution in [0.1, 0.15) is 71.7 Å². The van der Waals surface area contributed by atoms with Crippen molar-refractivity contribution in [1.29, 1.82) is 0 Å². The summed E-state index contributed by atoms with van der Waals surface area (Å²) in [4.78, 5) is 9.46. The molecule has 2 saturated heterocycles. The van der Waals surface area contributed by atoms with Crippen LogP contribution in [0.4, 0.5) is 11.4 Å². The number of benzene rings is 2. The first kappa shape index (κ1) is 29.7. The molecular formula is C36H42ClN5S. The number of aryl methyl sites for hydroxylation is 4. The number of thiocarbonyl (C=S) groups is 1. The van der Waals surface area contributed by atoms with Crippen molar-refractivity contribution in [2.24, 2.45) is 11.8 Å². The summed E-state index contributed by atoms with van der Waals surface area (Å²) in [7, 11) is 0. The fraction of sp³-hybridized carbons (Fsp3) is 0.389. The molecule has 224 valence electrons. The molecule has 0 spiro atoms. The third-order valence-corrected chi connectivity index (χ3v) is 9.78. The Kier molecular flexibility index (Phi) is 8.03. The van der Waals surface area contributed by atoms with Gasteiger partial charge in [-0.05, 0) is 118 Å². The highest BCUT2D eigenvalue weighted by Gasteiger charge is 2.42. The Bertz CT molecular complexity index is 1650. The quantitative estimate of drug-likeness (QED) is 0.228. The van der Waals surface area contributed by atoms with Gasteiger partial charge in [-0.3, -0.25) is 4.98 Å². The monoisotopic (exact) mass is 611 g/mol. The van der Waals surface area contributed by atoms with Crippen molar-refractivity contribution in [3.8, 4) is 5.69 Å².